The highest BCUT2D eigenvalue weighted by Crippen LogP contribution is 2.22. The van der Waals surface area contributed by atoms with Crippen LogP contribution >= 0.6 is 0 Å². The quantitative estimate of drug-likeness (QED) is 0.853. The van der Waals surface area contributed by atoms with E-state index in [2.05, 4.69) is 5.32 Å². The molecular formula is C15H24N2O5S. The normalized spacial score (nSPS) is 11.7. The number of rotatable bonds is 6. The molecule has 0 spiro atoms. The molecule has 0 aliphatic rings. The highest BCUT2D eigenvalue weighted by molar-refractivity contribution is 7.92. The number of carbonyl (C=O) groups is 1. The van der Waals surface area contributed by atoms with Crippen LogP contribution < -0.4 is 14.4 Å². The van der Waals surface area contributed by atoms with Crippen LogP contribution in [0.1, 0.15) is 20.8 Å². The maximum absolute atomic E-state index is 12.0. The smallest absolute Gasteiger partial charge is 0.407 e. The molecule has 1 aromatic carbocycles. The highest BCUT2D eigenvalue weighted by atomic mass is 32.2. The Morgan fingerprint density at radius 2 is 1.96 bits per heavy atom. The summed E-state index contributed by atoms with van der Waals surface area (Å²) in [6.45, 7) is 5.48. The van der Waals surface area contributed by atoms with E-state index in [-0.39, 0.29) is 13.1 Å². The average molecular weight is 344 g/mol. The number of amides is 1. The van der Waals surface area contributed by atoms with Gasteiger partial charge in [0.2, 0.25) is 10.0 Å². The van der Waals surface area contributed by atoms with Gasteiger partial charge in [0.15, 0.2) is 0 Å². The number of anilines is 1. The van der Waals surface area contributed by atoms with E-state index in [1.807, 2.05) is 0 Å². The third-order valence-corrected chi connectivity index (χ3v) is 3.92. The van der Waals surface area contributed by atoms with Gasteiger partial charge in [0.05, 0.1) is 25.6 Å². The van der Waals surface area contributed by atoms with Gasteiger partial charge in [0.25, 0.3) is 0 Å². The van der Waals surface area contributed by atoms with Crippen molar-refractivity contribution in [3.63, 3.8) is 0 Å². The number of nitrogens with zero attached hydrogens (tertiary/aromatic N) is 1. The van der Waals surface area contributed by atoms with Crippen molar-refractivity contribution in [2.24, 2.45) is 0 Å². The zero-order valence-corrected chi connectivity index (χ0v) is 14.9. The molecule has 0 radical (unpaired) electrons. The van der Waals surface area contributed by atoms with Crippen molar-refractivity contribution in [3.05, 3.63) is 24.3 Å². The molecule has 0 saturated carbocycles. The molecule has 0 aliphatic carbocycles. The Labute approximate surface area is 137 Å². The minimum Gasteiger partial charge on any atom is -0.497 e. The lowest BCUT2D eigenvalue weighted by Crippen LogP contribution is -2.40. The second kappa shape index (κ2) is 7.54. The van der Waals surface area contributed by atoms with Crippen LogP contribution in [0.5, 0.6) is 5.75 Å². The summed E-state index contributed by atoms with van der Waals surface area (Å²) in [5.41, 5.74) is -0.134. The molecule has 0 unspecified atom stereocenters. The van der Waals surface area contributed by atoms with E-state index in [1.165, 1.54) is 11.4 Å². The summed E-state index contributed by atoms with van der Waals surface area (Å²) in [6.07, 6.45) is 0.525. The van der Waals surface area contributed by atoms with Crippen molar-refractivity contribution in [1.82, 2.24) is 5.32 Å². The molecule has 0 fully saturated rings. The van der Waals surface area contributed by atoms with Crippen LogP contribution in [0.2, 0.25) is 0 Å². The fourth-order valence-electron chi connectivity index (χ4n) is 1.83. The van der Waals surface area contributed by atoms with Gasteiger partial charge in [-0.15, -0.1) is 0 Å². The zero-order valence-electron chi connectivity index (χ0n) is 14.1. The van der Waals surface area contributed by atoms with Crippen molar-refractivity contribution in [2.75, 3.05) is 30.8 Å². The minimum absolute atomic E-state index is 0.0885. The molecule has 1 N–H and O–H groups in total. The number of nitrogens with one attached hydrogen (secondary N) is 1. The Balaban J connectivity index is 2.76. The Bertz CT molecular complexity index is 638. The highest BCUT2D eigenvalue weighted by Gasteiger charge is 2.19. The number of hydrogen-bond acceptors (Lipinski definition) is 5. The number of benzene rings is 1. The predicted molar refractivity (Wildman–Crippen MR) is 89.4 cm³/mol. The van der Waals surface area contributed by atoms with Crippen molar-refractivity contribution in [1.29, 1.82) is 0 Å². The summed E-state index contributed by atoms with van der Waals surface area (Å²) in [4.78, 5) is 11.6. The van der Waals surface area contributed by atoms with Gasteiger partial charge in [-0.1, -0.05) is 6.07 Å². The standard InChI is InChI=1S/C15H24N2O5S/c1-15(2,3)22-14(18)16-9-10-17(23(5,19)20)12-7-6-8-13(11-12)21-4/h6-8,11H,9-10H2,1-5H3,(H,16,18). The Morgan fingerprint density at radius 3 is 2.48 bits per heavy atom. The first-order valence-corrected chi connectivity index (χ1v) is 8.96. The summed E-state index contributed by atoms with van der Waals surface area (Å²) in [6, 6.07) is 6.71. The molecule has 0 saturated heterocycles. The third kappa shape index (κ3) is 6.77. The summed E-state index contributed by atoms with van der Waals surface area (Å²) < 4.78 is 35.4. The van der Waals surface area contributed by atoms with Gasteiger partial charge in [-0.25, -0.2) is 13.2 Å². The number of methoxy groups -OCH3 is 1. The van der Waals surface area contributed by atoms with E-state index in [0.29, 0.717) is 11.4 Å². The third-order valence-electron chi connectivity index (χ3n) is 2.72. The number of carbonyl (C=O) groups excluding carboxylic acids is 1. The Kier molecular flexibility index (Phi) is 6.26. The number of ether oxygens (including phenoxy) is 2. The van der Waals surface area contributed by atoms with Crippen molar-refractivity contribution < 1.29 is 22.7 Å². The fraction of sp³-hybridized carbons (Fsp3) is 0.533. The van der Waals surface area contributed by atoms with E-state index < -0.39 is 21.7 Å². The van der Waals surface area contributed by atoms with Gasteiger partial charge in [-0.05, 0) is 32.9 Å². The van der Waals surface area contributed by atoms with Gasteiger partial charge in [0.1, 0.15) is 11.4 Å². The minimum atomic E-state index is -3.49. The van der Waals surface area contributed by atoms with Crippen LogP contribution in [0.3, 0.4) is 0 Å². The van der Waals surface area contributed by atoms with Gasteiger partial charge in [-0.2, -0.15) is 0 Å². The molecule has 7 nitrogen and oxygen atoms in total. The molecule has 23 heavy (non-hydrogen) atoms. The molecule has 130 valence electrons. The van der Waals surface area contributed by atoms with E-state index in [1.54, 1.807) is 45.0 Å². The molecule has 1 aromatic rings. The molecule has 0 bridgehead atoms. The topological polar surface area (TPSA) is 84.9 Å². The second-order valence-corrected chi connectivity index (χ2v) is 7.87. The van der Waals surface area contributed by atoms with Gasteiger partial charge < -0.3 is 14.8 Å². The Morgan fingerprint density at radius 1 is 1.30 bits per heavy atom. The molecule has 0 heterocycles. The van der Waals surface area contributed by atoms with Crippen LogP contribution in [-0.2, 0) is 14.8 Å². The molecule has 0 atom stereocenters. The monoisotopic (exact) mass is 344 g/mol. The number of sulfonamides is 1. The molecule has 0 aromatic heterocycles. The summed E-state index contributed by atoms with van der Waals surface area (Å²) in [7, 11) is -1.98. The molecule has 8 heteroatoms. The molecule has 0 aliphatic heterocycles. The molecule has 1 amide bonds. The van der Waals surface area contributed by atoms with Crippen LogP contribution in [0.25, 0.3) is 0 Å². The van der Waals surface area contributed by atoms with Crippen LogP contribution in [-0.4, -0.2) is 46.6 Å². The SMILES string of the molecule is COc1cccc(N(CCNC(=O)OC(C)(C)C)S(C)(=O)=O)c1. The van der Waals surface area contributed by atoms with Crippen LogP contribution in [0.15, 0.2) is 24.3 Å². The van der Waals surface area contributed by atoms with E-state index >= 15 is 0 Å². The fourth-order valence-corrected chi connectivity index (χ4v) is 2.75. The Hall–Kier alpha value is -1.96. The molecular weight excluding hydrogens is 320 g/mol. The van der Waals surface area contributed by atoms with Crippen LogP contribution in [0, 0.1) is 0 Å². The van der Waals surface area contributed by atoms with E-state index in [0.717, 1.165) is 6.26 Å². The maximum Gasteiger partial charge on any atom is 0.407 e. The predicted octanol–water partition coefficient (Wildman–Crippen LogP) is 1.99. The lowest BCUT2D eigenvalue weighted by atomic mass is 10.2. The largest absolute Gasteiger partial charge is 0.497 e. The van der Waals surface area contributed by atoms with Crippen molar-refractivity contribution in [2.45, 2.75) is 26.4 Å². The van der Waals surface area contributed by atoms with Gasteiger partial charge in [0, 0.05) is 12.6 Å². The van der Waals surface area contributed by atoms with Crippen molar-refractivity contribution >= 4 is 21.8 Å². The average Bonchev–Trinajstić information content (AvgIpc) is 2.40. The molecule has 1 rings (SSSR count). The maximum atomic E-state index is 12.0. The van der Waals surface area contributed by atoms with Crippen molar-refractivity contribution in [3.8, 4) is 5.75 Å². The summed E-state index contributed by atoms with van der Waals surface area (Å²) in [5, 5.41) is 2.54. The summed E-state index contributed by atoms with van der Waals surface area (Å²) in [5.74, 6) is 0.552. The lowest BCUT2D eigenvalue weighted by Gasteiger charge is -2.24. The first kappa shape index (κ1) is 19.1. The second-order valence-electron chi connectivity index (χ2n) is 5.97. The lowest BCUT2D eigenvalue weighted by molar-refractivity contribution is 0.0529. The first-order valence-electron chi connectivity index (χ1n) is 7.11. The van der Waals surface area contributed by atoms with Crippen LogP contribution in [0.4, 0.5) is 10.5 Å². The van der Waals surface area contributed by atoms with Gasteiger partial charge >= 0.3 is 6.09 Å². The van der Waals surface area contributed by atoms with E-state index in [4.69, 9.17) is 9.47 Å². The van der Waals surface area contributed by atoms with Gasteiger partial charge in [-0.3, -0.25) is 4.31 Å². The van der Waals surface area contributed by atoms with E-state index in [9.17, 15) is 13.2 Å². The zero-order chi connectivity index (χ0) is 17.7. The number of hydrogen-bond donors (Lipinski definition) is 1. The summed E-state index contributed by atoms with van der Waals surface area (Å²) >= 11 is 0. The first-order chi connectivity index (χ1) is 10.5. The number of alkyl carbamates (subject to hydrolysis) is 1.